The van der Waals surface area contributed by atoms with Crippen LogP contribution in [-0.4, -0.2) is 54.3 Å². The Balaban J connectivity index is 1.27. The van der Waals surface area contributed by atoms with Crippen molar-refractivity contribution >= 4 is 11.8 Å². The zero-order chi connectivity index (χ0) is 33.1. The first kappa shape index (κ1) is 36.1. The highest BCUT2D eigenvalue weighted by atomic mass is 16.4. The number of aromatic nitrogens is 2. The molecule has 9 atom stereocenters. The third-order valence-corrected chi connectivity index (χ3v) is 10.6. The Morgan fingerprint density at radius 1 is 1.09 bits per heavy atom. The molecule has 0 spiro atoms. The first-order valence-electron chi connectivity index (χ1n) is 17.5. The molecule has 7 N–H and O–H groups in total. The number of carboxylic acids is 1. The molecule has 0 saturated heterocycles. The van der Waals surface area contributed by atoms with Gasteiger partial charge in [0.15, 0.2) is 0 Å². The molecule has 9 nitrogen and oxygen atoms in total. The van der Waals surface area contributed by atoms with Gasteiger partial charge in [0.1, 0.15) is 5.82 Å². The van der Waals surface area contributed by atoms with Crippen molar-refractivity contribution in [2.75, 3.05) is 5.73 Å². The van der Waals surface area contributed by atoms with E-state index in [1.165, 1.54) is 19.3 Å². The second-order valence-electron chi connectivity index (χ2n) is 14.1. The molecule has 9 heteroatoms. The van der Waals surface area contributed by atoms with Gasteiger partial charge in [0.2, 0.25) is 0 Å². The number of carboxylic acid groups (broad SMARTS) is 1. The van der Waals surface area contributed by atoms with E-state index >= 15 is 0 Å². The SMILES string of the molecule is CCCCC[C@@H]1C=C[C@@H](CCCCC[C@H](C(=O)O)[C@H](O)CC[C@]2(O)C[C@H](Cc3ccnc(N)c3)C[C@H]2[C@H](O)c2ccc[n-]2)[C@H](O)C1. The van der Waals surface area contributed by atoms with Crippen molar-refractivity contribution < 1.29 is 30.3 Å². The van der Waals surface area contributed by atoms with Crippen LogP contribution in [0.5, 0.6) is 0 Å². The molecule has 0 unspecified atom stereocenters. The number of rotatable bonds is 19. The predicted octanol–water partition coefficient (Wildman–Crippen LogP) is 5.58. The molecule has 4 rings (SSSR count). The molecule has 0 amide bonds. The monoisotopic (exact) mass is 638 g/mol. The number of aliphatic carboxylic acids is 1. The van der Waals surface area contributed by atoms with Crippen molar-refractivity contribution in [2.24, 2.45) is 29.6 Å². The van der Waals surface area contributed by atoms with E-state index in [1.54, 1.807) is 24.5 Å². The Morgan fingerprint density at radius 3 is 2.59 bits per heavy atom. The number of aliphatic hydroxyl groups excluding tert-OH is 3. The van der Waals surface area contributed by atoms with Gasteiger partial charge in [-0.25, -0.2) is 4.98 Å². The normalized spacial score (nSPS) is 28.2. The van der Waals surface area contributed by atoms with Crippen LogP contribution < -0.4 is 10.7 Å². The van der Waals surface area contributed by atoms with Crippen LogP contribution in [0.4, 0.5) is 5.82 Å². The number of hydrogen-bond donors (Lipinski definition) is 6. The lowest BCUT2D eigenvalue weighted by molar-refractivity contribution is -0.147. The Morgan fingerprint density at radius 2 is 1.89 bits per heavy atom. The summed E-state index contributed by atoms with van der Waals surface area (Å²) in [5.74, 6) is -1.34. The van der Waals surface area contributed by atoms with E-state index in [1.807, 2.05) is 12.1 Å². The van der Waals surface area contributed by atoms with Gasteiger partial charge in [0, 0.05) is 18.0 Å². The van der Waals surface area contributed by atoms with E-state index in [0.29, 0.717) is 49.5 Å². The van der Waals surface area contributed by atoms with Crippen molar-refractivity contribution in [1.29, 1.82) is 0 Å². The minimum absolute atomic E-state index is 0.0679. The Labute approximate surface area is 274 Å². The zero-order valence-corrected chi connectivity index (χ0v) is 27.5. The largest absolute Gasteiger partial charge is 0.665 e. The van der Waals surface area contributed by atoms with Gasteiger partial charge in [-0.1, -0.05) is 69.7 Å². The first-order valence-corrected chi connectivity index (χ1v) is 17.5. The highest BCUT2D eigenvalue weighted by Crippen LogP contribution is 2.49. The molecule has 2 aromatic rings. The van der Waals surface area contributed by atoms with Crippen LogP contribution in [0.1, 0.15) is 114 Å². The molecule has 2 aromatic heterocycles. The van der Waals surface area contributed by atoms with E-state index in [2.05, 4.69) is 29.0 Å². The van der Waals surface area contributed by atoms with Crippen molar-refractivity contribution in [2.45, 2.75) is 127 Å². The topological polar surface area (TPSA) is 171 Å². The van der Waals surface area contributed by atoms with Gasteiger partial charge in [0.25, 0.3) is 0 Å². The molecule has 0 aliphatic heterocycles. The number of unbranched alkanes of at least 4 members (excludes halogenated alkanes) is 4. The van der Waals surface area contributed by atoms with Crippen molar-refractivity contribution in [3.63, 3.8) is 0 Å². The molecule has 2 aliphatic rings. The molecule has 0 aromatic carbocycles. The molecule has 2 aliphatic carbocycles. The second-order valence-corrected chi connectivity index (χ2v) is 14.1. The fourth-order valence-electron chi connectivity index (χ4n) is 7.98. The summed E-state index contributed by atoms with van der Waals surface area (Å²) in [6.45, 7) is 2.20. The van der Waals surface area contributed by atoms with Crippen LogP contribution >= 0.6 is 0 Å². The quantitative estimate of drug-likeness (QED) is 0.0849. The van der Waals surface area contributed by atoms with Crippen LogP contribution in [-0.2, 0) is 11.2 Å². The molecule has 1 saturated carbocycles. The number of hydrogen-bond acceptors (Lipinski definition) is 7. The smallest absolute Gasteiger partial charge is 0.309 e. The van der Waals surface area contributed by atoms with Crippen molar-refractivity contribution in [3.05, 3.63) is 60.1 Å². The van der Waals surface area contributed by atoms with Gasteiger partial charge in [-0.2, -0.15) is 6.20 Å². The Kier molecular flexibility index (Phi) is 13.7. The average Bonchev–Trinajstić information content (AvgIpc) is 3.67. The predicted molar refractivity (Wildman–Crippen MR) is 179 cm³/mol. The minimum atomic E-state index is -1.28. The van der Waals surface area contributed by atoms with Crippen LogP contribution in [0.15, 0.2) is 48.8 Å². The number of nitrogens with two attached hydrogens (primary N) is 1. The average molecular weight is 639 g/mol. The van der Waals surface area contributed by atoms with Crippen molar-refractivity contribution in [1.82, 2.24) is 9.97 Å². The van der Waals surface area contributed by atoms with Gasteiger partial charge in [-0.15, -0.1) is 5.69 Å². The fourth-order valence-corrected chi connectivity index (χ4v) is 7.98. The summed E-state index contributed by atoms with van der Waals surface area (Å²) in [7, 11) is 0. The maximum Gasteiger partial charge on any atom is 0.309 e. The fraction of sp³-hybridized carbons (Fsp3) is 0.676. The minimum Gasteiger partial charge on any atom is -0.665 e. The van der Waals surface area contributed by atoms with Crippen molar-refractivity contribution in [3.8, 4) is 0 Å². The Hall–Kier alpha value is -2.72. The standard InChI is InChI=1S/C37H56N3O6/c1-2-3-5-9-25-13-14-28(33(42)22-25)10-6-4-7-11-29(36(44)45)32(41)15-17-37(46)24-27(20-26-16-19-40-34(38)23-26)21-30(37)35(43)31-12-8-18-39-31/h8,12-14,16,18-19,23,25,27-30,32-33,35,41-43,46H,2-7,9-11,15,17,20-22,24H2,1H3,(H2,38,40)(H,44,45)/q-1/t25-,27-,28-,29+,30+,32-,33-,35+,37+/m1/s1. The number of anilines is 1. The summed E-state index contributed by atoms with van der Waals surface area (Å²) < 4.78 is 0. The molecule has 0 bridgehead atoms. The van der Waals surface area contributed by atoms with Crippen LogP contribution in [0, 0.1) is 29.6 Å². The number of nitrogen functional groups attached to an aromatic ring is 1. The zero-order valence-electron chi connectivity index (χ0n) is 27.5. The number of nitrogens with zero attached hydrogens (tertiary/aromatic N) is 2. The lowest BCUT2D eigenvalue weighted by Gasteiger charge is -2.36. The second kappa shape index (κ2) is 17.4. The highest BCUT2D eigenvalue weighted by Gasteiger charge is 2.49. The maximum absolute atomic E-state index is 12.2. The maximum atomic E-state index is 12.2. The molecule has 256 valence electrons. The number of aliphatic hydroxyl groups is 4. The number of allylic oxidation sites excluding steroid dienone is 1. The highest BCUT2D eigenvalue weighted by molar-refractivity contribution is 5.70. The first-order chi connectivity index (χ1) is 22.1. The molecule has 1 fully saturated rings. The van der Waals surface area contributed by atoms with Gasteiger partial charge in [-0.3, -0.25) is 4.79 Å². The van der Waals surface area contributed by atoms with E-state index in [-0.39, 0.29) is 30.8 Å². The van der Waals surface area contributed by atoms with Gasteiger partial charge < -0.3 is 36.3 Å². The van der Waals surface area contributed by atoms with Gasteiger partial charge in [-0.05, 0) is 87.3 Å². The van der Waals surface area contributed by atoms with Crippen LogP contribution in [0.2, 0.25) is 0 Å². The molecular formula is C37H56N3O6-. The van der Waals surface area contributed by atoms with E-state index in [9.17, 15) is 30.3 Å². The lowest BCUT2D eigenvalue weighted by Crippen LogP contribution is -2.39. The lowest BCUT2D eigenvalue weighted by atomic mass is 9.79. The number of carbonyl (C=O) groups is 1. The molecule has 46 heavy (non-hydrogen) atoms. The van der Waals surface area contributed by atoms with Crippen LogP contribution in [0.25, 0.3) is 0 Å². The Bertz CT molecular complexity index is 1220. The summed E-state index contributed by atoms with van der Waals surface area (Å²) in [6.07, 6.45) is 16.5. The van der Waals surface area contributed by atoms with Crippen LogP contribution in [0.3, 0.4) is 0 Å². The molecule has 2 heterocycles. The van der Waals surface area contributed by atoms with E-state index in [4.69, 9.17) is 5.73 Å². The molecule has 0 radical (unpaired) electrons. The summed E-state index contributed by atoms with van der Waals surface area (Å²) >= 11 is 0. The van der Waals surface area contributed by atoms with Gasteiger partial charge >= 0.3 is 5.97 Å². The summed E-state index contributed by atoms with van der Waals surface area (Å²) in [5.41, 5.74) is 6.10. The summed E-state index contributed by atoms with van der Waals surface area (Å²) in [4.78, 5) is 20.5. The van der Waals surface area contributed by atoms with E-state index in [0.717, 1.165) is 37.7 Å². The summed E-state index contributed by atoms with van der Waals surface area (Å²) in [6, 6.07) is 7.22. The summed E-state index contributed by atoms with van der Waals surface area (Å²) in [5, 5.41) is 54.9. The number of pyridine rings is 1. The van der Waals surface area contributed by atoms with E-state index < -0.39 is 35.6 Å². The molecular weight excluding hydrogens is 582 g/mol. The third-order valence-electron chi connectivity index (χ3n) is 10.6. The van der Waals surface area contributed by atoms with Gasteiger partial charge in [0.05, 0.1) is 29.8 Å². The third kappa shape index (κ3) is 10.1.